The predicted octanol–water partition coefficient (Wildman–Crippen LogP) is 4.18. The van der Waals surface area contributed by atoms with E-state index in [1.807, 2.05) is 67.6 Å². The molecular weight excluding hydrogens is 352 g/mol. The van der Waals surface area contributed by atoms with Crippen molar-refractivity contribution in [2.75, 3.05) is 19.8 Å². The molecule has 0 aliphatic carbocycles. The van der Waals surface area contributed by atoms with Crippen LogP contribution < -0.4 is 4.74 Å². The Labute approximate surface area is 167 Å². The van der Waals surface area contributed by atoms with Crippen molar-refractivity contribution in [1.82, 2.24) is 0 Å². The normalized spacial score (nSPS) is 11.5. The number of ether oxygens (including phenoxy) is 3. The number of rotatable bonds is 9. The van der Waals surface area contributed by atoms with Gasteiger partial charge in [0.1, 0.15) is 12.4 Å². The molecule has 1 atom stereocenters. The molecule has 28 heavy (non-hydrogen) atoms. The van der Waals surface area contributed by atoms with Crippen molar-refractivity contribution in [1.29, 1.82) is 0 Å². The number of benzene rings is 2. The molecule has 146 valence electrons. The van der Waals surface area contributed by atoms with Crippen LogP contribution in [0.3, 0.4) is 0 Å². The number of allylic oxidation sites excluding steroid dienone is 1. The molecule has 4 nitrogen and oxygen atoms in total. The van der Waals surface area contributed by atoms with Crippen LogP contribution >= 0.6 is 0 Å². The molecule has 4 heteroatoms. The van der Waals surface area contributed by atoms with E-state index in [1.54, 1.807) is 13.0 Å². The highest BCUT2D eigenvalue weighted by Gasteiger charge is 2.20. The van der Waals surface area contributed by atoms with E-state index in [4.69, 9.17) is 14.2 Å². The first-order valence-electron chi connectivity index (χ1n) is 9.44. The fourth-order valence-corrected chi connectivity index (χ4v) is 2.48. The third-order valence-electron chi connectivity index (χ3n) is 3.80. The van der Waals surface area contributed by atoms with E-state index < -0.39 is 6.10 Å². The zero-order valence-corrected chi connectivity index (χ0v) is 16.4. The lowest BCUT2D eigenvalue weighted by Gasteiger charge is -2.15. The Hall–Kier alpha value is -3.03. The molecule has 0 fully saturated rings. The van der Waals surface area contributed by atoms with Crippen LogP contribution in [-0.2, 0) is 20.7 Å². The molecule has 0 aliphatic heterocycles. The number of hydrogen-bond donors (Lipinski definition) is 0. The van der Waals surface area contributed by atoms with Crippen LogP contribution in [-0.4, -0.2) is 31.9 Å². The molecule has 0 spiro atoms. The van der Waals surface area contributed by atoms with Gasteiger partial charge >= 0.3 is 5.97 Å². The smallest absolute Gasteiger partial charge is 0.335 e. The van der Waals surface area contributed by atoms with Gasteiger partial charge < -0.3 is 14.2 Å². The predicted molar refractivity (Wildman–Crippen MR) is 110 cm³/mol. The van der Waals surface area contributed by atoms with E-state index >= 15 is 0 Å². The summed E-state index contributed by atoms with van der Waals surface area (Å²) in [6.45, 7) is 4.89. The highest BCUT2D eigenvalue weighted by molar-refractivity contribution is 5.75. The van der Waals surface area contributed by atoms with Crippen molar-refractivity contribution >= 4 is 5.97 Å². The topological polar surface area (TPSA) is 44.8 Å². The summed E-state index contributed by atoms with van der Waals surface area (Å²) in [5.41, 5.74) is 1.97. The molecule has 1 unspecified atom stereocenters. The van der Waals surface area contributed by atoms with Crippen LogP contribution in [0.15, 0.2) is 66.7 Å². The number of hydrogen-bond acceptors (Lipinski definition) is 4. The average molecular weight is 378 g/mol. The lowest BCUT2D eigenvalue weighted by atomic mass is 10.1. The number of carbonyl (C=O) groups excluding carboxylic acids is 1. The summed E-state index contributed by atoms with van der Waals surface area (Å²) in [6, 6.07) is 17.5. The average Bonchev–Trinajstić information content (AvgIpc) is 2.72. The lowest BCUT2D eigenvalue weighted by molar-refractivity contribution is -0.156. The van der Waals surface area contributed by atoms with E-state index in [9.17, 15) is 4.79 Å². The highest BCUT2D eigenvalue weighted by atomic mass is 16.6. The van der Waals surface area contributed by atoms with Crippen LogP contribution in [0.5, 0.6) is 5.75 Å². The van der Waals surface area contributed by atoms with Gasteiger partial charge in [0.2, 0.25) is 0 Å². The first kappa shape index (κ1) is 21.3. The minimum Gasteiger partial charge on any atom is -0.490 e. The van der Waals surface area contributed by atoms with Crippen LogP contribution in [0.2, 0.25) is 0 Å². The van der Waals surface area contributed by atoms with E-state index in [0.717, 1.165) is 16.9 Å². The Morgan fingerprint density at radius 1 is 1.04 bits per heavy atom. The Balaban J connectivity index is 1.81. The summed E-state index contributed by atoms with van der Waals surface area (Å²) in [5, 5.41) is 0. The monoisotopic (exact) mass is 378 g/mol. The molecule has 2 rings (SSSR count). The minimum absolute atomic E-state index is 0.327. The first-order valence-corrected chi connectivity index (χ1v) is 9.44. The quantitative estimate of drug-likeness (QED) is 0.485. The number of esters is 1. The summed E-state index contributed by atoms with van der Waals surface area (Å²) in [5.74, 6) is 6.47. The SMILES string of the molecule is CCOC(=O)C(Cc1ccc(OCC=CC#Cc2ccccc2)cc1)OCC. The first-order chi connectivity index (χ1) is 13.7. The van der Waals surface area contributed by atoms with Crippen molar-refractivity contribution in [2.45, 2.75) is 26.4 Å². The zero-order valence-electron chi connectivity index (χ0n) is 16.4. The number of carbonyl (C=O) groups is 1. The Morgan fingerprint density at radius 3 is 2.46 bits per heavy atom. The van der Waals surface area contributed by atoms with Gasteiger partial charge in [0.05, 0.1) is 6.61 Å². The largest absolute Gasteiger partial charge is 0.490 e. The van der Waals surface area contributed by atoms with Crippen LogP contribution in [0.25, 0.3) is 0 Å². The Morgan fingerprint density at radius 2 is 1.79 bits per heavy atom. The fraction of sp³-hybridized carbons (Fsp3) is 0.292. The van der Waals surface area contributed by atoms with Crippen LogP contribution in [0, 0.1) is 11.8 Å². The highest BCUT2D eigenvalue weighted by Crippen LogP contribution is 2.15. The summed E-state index contributed by atoms with van der Waals surface area (Å²) >= 11 is 0. The van der Waals surface area contributed by atoms with Gasteiger partial charge in [0.25, 0.3) is 0 Å². The summed E-state index contributed by atoms with van der Waals surface area (Å²) in [4.78, 5) is 11.9. The lowest BCUT2D eigenvalue weighted by Crippen LogP contribution is -2.28. The van der Waals surface area contributed by atoms with Gasteiger partial charge in [0, 0.05) is 18.6 Å². The maximum absolute atomic E-state index is 11.9. The molecule has 0 bridgehead atoms. The van der Waals surface area contributed by atoms with E-state index in [-0.39, 0.29) is 5.97 Å². The summed E-state index contributed by atoms with van der Waals surface area (Å²) in [7, 11) is 0. The second-order valence-corrected chi connectivity index (χ2v) is 5.89. The van der Waals surface area contributed by atoms with E-state index in [1.165, 1.54) is 0 Å². The molecular formula is C24H26O4. The zero-order chi connectivity index (χ0) is 20.0. The van der Waals surface area contributed by atoms with Gasteiger partial charge in [-0.1, -0.05) is 42.2 Å². The van der Waals surface area contributed by atoms with Crippen molar-refractivity contribution in [2.24, 2.45) is 0 Å². The Kier molecular flexibility index (Phi) is 9.40. The van der Waals surface area contributed by atoms with Gasteiger partial charge in [0.15, 0.2) is 6.10 Å². The summed E-state index contributed by atoms with van der Waals surface area (Å²) < 4.78 is 16.2. The summed E-state index contributed by atoms with van der Waals surface area (Å²) in [6.07, 6.45) is 3.55. The molecule has 0 amide bonds. The maximum Gasteiger partial charge on any atom is 0.335 e. The molecule has 0 saturated heterocycles. The Bertz CT molecular complexity index is 798. The third-order valence-corrected chi connectivity index (χ3v) is 3.80. The molecule has 0 saturated carbocycles. The van der Waals surface area contributed by atoms with E-state index in [0.29, 0.717) is 26.2 Å². The molecule has 0 N–H and O–H groups in total. The van der Waals surface area contributed by atoms with Crippen LogP contribution in [0.4, 0.5) is 0 Å². The van der Waals surface area contributed by atoms with Crippen molar-refractivity contribution in [3.63, 3.8) is 0 Å². The minimum atomic E-state index is -0.581. The molecule has 0 aromatic heterocycles. The second kappa shape index (κ2) is 12.4. The van der Waals surface area contributed by atoms with Crippen molar-refractivity contribution in [3.8, 4) is 17.6 Å². The van der Waals surface area contributed by atoms with Gasteiger partial charge in [-0.3, -0.25) is 0 Å². The van der Waals surface area contributed by atoms with Crippen molar-refractivity contribution in [3.05, 3.63) is 77.9 Å². The molecule has 2 aromatic carbocycles. The molecule has 0 radical (unpaired) electrons. The van der Waals surface area contributed by atoms with Gasteiger partial charge in [-0.25, -0.2) is 4.79 Å². The fourth-order valence-electron chi connectivity index (χ4n) is 2.48. The van der Waals surface area contributed by atoms with Gasteiger partial charge in [-0.2, -0.15) is 0 Å². The molecule has 0 aliphatic rings. The van der Waals surface area contributed by atoms with Crippen molar-refractivity contribution < 1.29 is 19.0 Å². The van der Waals surface area contributed by atoms with Crippen LogP contribution in [0.1, 0.15) is 25.0 Å². The second-order valence-electron chi connectivity index (χ2n) is 5.89. The molecule has 2 aromatic rings. The van der Waals surface area contributed by atoms with Gasteiger partial charge in [-0.05, 0) is 55.8 Å². The third kappa shape index (κ3) is 7.69. The maximum atomic E-state index is 11.9. The standard InChI is InChI=1S/C24H26O4/c1-3-26-23(24(25)27-4-2)19-21-14-16-22(17-15-21)28-18-10-6-9-13-20-11-7-5-8-12-20/h5-8,10-12,14-17,23H,3-4,18-19H2,1-2H3. The van der Waals surface area contributed by atoms with E-state index in [2.05, 4.69) is 11.8 Å². The molecule has 0 heterocycles. The van der Waals surface area contributed by atoms with Gasteiger partial charge in [-0.15, -0.1) is 0 Å².